The van der Waals surface area contributed by atoms with Gasteiger partial charge in [0.15, 0.2) is 0 Å². The number of ether oxygens (including phenoxy) is 1. The van der Waals surface area contributed by atoms with Crippen molar-refractivity contribution in [1.29, 1.82) is 0 Å². The maximum absolute atomic E-state index is 12.2. The Labute approximate surface area is 198 Å². The van der Waals surface area contributed by atoms with Crippen LogP contribution in [-0.2, 0) is 4.79 Å². The van der Waals surface area contributed by atoms with Crippen molar-refractivity contribution in [2.75, 3.05) is 11.1 Å². The van der Waals surface area contributed by atoms with Crippen molar-refractivity contribution in [2.24, 2.45) is 0 Å². The fourth-order valence-corrected chi connectivity index (χ4v) is 5.18. The zero-order valence-electron chi connectivity index (χ0n) is 16.9. The smallest absolute Gasteiger partial charge is 0.406 e. The second-order valence-electron chi connectivity index (χ2n) is 6.58. The molecule has 0 aliphatic heterocycles. The van der Waals surface area contributed by atoms with Crippen LogP contribution in [0.25, 0.3) is 20.5 Å². The summed E-state index contributed by atoms with van der Waals surface area (Å²) in [4.78, 5) is 18.8. The first-order chi connectivity index (χ1) is 15.8. The molecule has 0 aliphatic rings. The van der Waals surface area contributed by atoms with E-state index in [9.17, 15) is 18.0 Å². The second-order valence-corrected chi connectivity index (χ2v) is 9.52. The number of carbonyl (C=O) groups excluding carboxylic acids is 1. The Kier molecular flexibility index (Phi) is 6.96. The molecule has 3 aromatic heterocycles. The lowest BCUT2D eigenvalue weighted by Crippen LogP contribution is -2.17. The summed E-state index contributed by atoms with van der Waals surface area (Å²) in [5.74, 6) is -0.616. The summed E-state index contributed by atoms with van der Waals surface area (Å²) in [6.07, 6.45) is -4.76. The number of halogens is 3. The maximum atomic E-state index is 12.2. The molecule has 0 unspecified atom stereocenters. The number of thiophene rings is 1. The van der Waals surface area contributed by atoms with Gasteiger partial charge in [-0.25, -0.2) is 4.98 Å². The molecule has 0 aliphatic carbocycles. The summed E-state index contributed by atoms with van der Waals surface area (Å²) in [5.41, 5.74) is 1.95. The van der Waals surface area contributed by atoms with Crippen LogP contribution in [0.2, 0.25) is 0 Å². The Morgan fingerprint density at radius 1 is 1.12 bits per heavy atom. The van der Waals surface area contributed by atoms with Gasteiger partial charge in [0, 0.05) is 5.69 Å². The van der Waals surface area contributed by atoms with E-state index in [0.29, 0.717) is 16.4 Å². The number of benzene rings is 1. The zero-order valence-corrected chi connectivity index (χ0v) is 19.4. The molecular formula is C21H15F3N4O2S3. The average Bonchev–Trinajstić information content (AvgIpc) is 3.43. The molecule has 0 bridgehead atoms. The molecular weight excluding hydrogens is 493 g/mol. The highest BCUT2D eigenvalue weighted by Gasteiger charge is 2.31. The number of amides is 1. The lowest BCUT2D eigenvalue weighted by molar-refractivity contribution is -0.274. The Morgan fingerprint density at radius 2 is 1.91 bits per heavy atom. The van der Waals surface area contributed by atoms with Gasteiger partial charge in [-0.15, -0.1) is 46.0 Å². The number of thiazole rings is 1. The van der Waals surface area contributed by atoms with Crippen molar-refractivity contribution in [3.63, 3.8) is 0 Å². The summed E-state index contributed by atoms with van der Waals surface area (Å²) >= 11 is 4.38. The predicted octanol–water partition coefficient (Wildman–Crippen LogP) is 6.27. The minimum Gasteiger partial charge on any atom is -0.406 e. The highest BCUT2D eigenvalue weighted by molar-refractivity contribution is 7.99. The number of rotatable bonds is 7. The van der Waals surface area contributed by atoms with E-state index in [4.69, 9.17) is 0 Å². The summed E-state index contributed by atoms with van der Waals surface area (Å²) in [6, 6.07) is 12.6. The van der Waals surface area contributed by atoms with Crippen LogP contribution in [0.15, 0.2) is 58.9 Å². The SMILES string of the molecule is Cc1nc(-c2cccs2)sc1-c1ccc(SCC(=O)Nc2ccc(OC(F)(F)F)cc2)nn1. The number of alkyl halides is 3. The van der Waals surface area contributed by atoms with Gasteiger partial charge in [0.2, 0.25) is 5.91 Å². The van der Waals surface area contributed by atoms with Crippen LogP contribution in [0.5, 0.6) is 5.75 Å². The van der Waals surface area contributed by atoms with Gasteiger partial charge in [0.05, 0.1) is 21.2 Å². The highest BCUT2D eigenvalue weighted by atomic mass is 32.2. The molecule has 0 fully saturated rings. The van der Waals surface area contributed by atoms with Gasteiger partial charge >= 0.3 is 6.36 Å². The molecule has 6 nitrogen and oxygen atoms in total. The fourth-order valence-electron chi connectivity index (χ4n) is 2.73. The van der Waals surface area contributed by atoms with Gasteiger partial charge in [-0.3, -0.25) is 4.79 Å². The van der Waals surface area contributed by atoms with Gasteiger partial charge < -0.3 is 10.1 Å². The molecule has 0 saturated carbocycles. The lowest BCUT2D eigenvalue weighted by atomic mass is 10.3. The number of aryl methyl sites for hydroxylation is 1. The number of nitrogens with zero attached hydrogens (tertiary/aromatic N) is 3. The van der Waals surface area contributed by atoms with Crippen LogP contribution in [0, 0.1) is 6.92 Å². The molecule has 33 heavy (non-hydrogen) atoms. The van der Waals surface area contributed by atoms with E-state index in [2.05, 4.69) is 25.2 Å². The molecule has 1 amide bonds. The number of thioether (sulfide) groups is 1. The van der Waals surface area contributed by atoms with Gasteiger partial charge in [0.25, 0.3) is 0 Å². The minimum atomic E-state index is -4.76. The minimum absolute atomic E-state index is 0.0664. The Morgan fingerprint density at radius 3 is 2.55 bits per heavy atom. The summed E-state index contributed by atoms with van der Waals surface area (Å²) in [7, 11) is 0. The van der Waals surface area contributed by atoms with E-state index in [0.717, 1.165) is 32.6 Å². The molecule has 0 radical (unpaired) electrons. The molecule has 0 saturated heterocycles. The topological polar surface area (TPSA) is 77.0 Å². The van der Waals surface area contributed by atoms with E-state index in [-0.39, 0.29) is 17.4 Å². The van der Waals surface area contributed by atoms with Crippen LogP contribution >= 0.6 is 34.4 Å². The van der Waals surface area contributed by atoms with Gasteiger partial charge in [-0.2, -0.15) is 0 Å². The van der Waals surface area contributed by atoms with Gasteiger partial charge in [0.1, 0.15) is 21.5 Å². The van der Waals surface area contributed by atoms with Gasteiger partial charge in [-0.05, 0) is 54.8 Å². The van der Waals surface area contributed by atoms with Crippen molar-refractivity contribution in [2.45, 2.75) is 18.3 Å². The molecule has 0 atom stereocenters. The average molecular weight is 509 g/mol. The van der Waals surface area contributed by atoms with Crippen LogP contribution in [0.1, 0.15) is 5.69 Å². The van der Waals surface area contributed by atoms with E-state index in [1.54, 1.807) is 28.7 Å². The molecule has 1 aromatic carbocycles. The third-order valence-corrected chi connectivity index (χ3v) is 7.26. The Balaban J connectivity index is 1.32. The largest absolute Gasteiger partial charge is 0.573 e. The summed E-state index contributed by atoms with van der Waals surface area (Å²) < 4.78 is 40.4. The second kappa shape index (κ2) is 9.89. The number of carbonyl (C=O) groups is 1. The predicted molar refractivity (Wildman–Crippen MR) is 124 cm³/mol. The van der Waals surface area contributed by atoms with Crippen LogP contribution in [0.4, 0.5) is 18.9 Å². The van der Waals surface area contributed by atoms with Crippen molar-refractivity contribution < 1.29 is 22.7 Å². The Hall–Kier alpha value is -2.96. The molecule has 12 heteroatoms. The third kappa shape index (κ3) is 6.30. The third-order valence-electron chi connectivity index (χ3n) is 4.12. The van der Waals surface area contributed by atoms with E-state index in [1.807, 2.05) is 30.5 Å². The standard InChI is InChI=1S/C21H15F3N4O2S3/c1-12-19(33-20(25-12)16-3-2-10-31-16)15-8-9-18(28-27-15)32-11-17(29)26-13-4-6-14(7-5-13)30-21(22,23)24/h2-10H,11H2,1H3,(H,26,29). The maximum Gasteiger partial charge on any atom is 0.573 e. The zero-order chi connectivity index (χ0) is 23.4. The number of hydrogen-bond donors (Lipinski definition) is 1. The number of aromatic nitrogens is 3. The molecule has 4 rings (SSSR count). The van der Waals surface area contributed by atoms with Crippen molar-refractivity contribution in [1.82, 2.24) is 15.2 Å². The first kappa shape index (κ1) is 23.2. The molecule has 4 aromatic rings. The highest BCUT2D eigenvalue weighted by Crippen LogP contribution is 2.36. The van der Waals surface area contributed by atoms with E-state index >= 15 is 0 Å². The van der Waals surface area contributed by atoms with Crippen molar-refractivity contribution in [3.05, 3.63) is 59.6 Å². The first-order valence-corrected chi connectivity index (χ1v) is 12.1. The number of anilines is 1. The number of nitrogens with one attached hydrogen (secondary N) is 1. The van der Waals surface area contributed by atoms with Crippen molar-refractivity contribution >= 4 is 46.0 Å². The molecule has 170 valence electrons. The quantitative estimate of drug-likeness (QED) is 0.297. The van der Waals surface area contributed by atoms with E-state index in [1.165, 1.54) is 23.9 Å². The normalized spacial score (nSPS) is 11.4. The fraction of sp³-hybridized carbons (Fsp3) is 0.143. The lowest BCUT2D eigenvalue weighted by Gasteiger charge is -2.09. The van der Waals surface area contributed by atoms with Crippen LogP contribution in [0.3, 0.4) is 0 Å². The summed E-state index contributed by atoms with van der Waals surface area (Å²) in [6.45, 7) is 1.93. The molecule has 3 heterocycles. The van der Waals surface area contributed by atoms with E-state index < -0.39 is 6.36 Å². The monoisotopic (exact) mass is 508 g/mol. The number of hydrogen-bond acceptors (Lipinski definition) is 8. The Bertz CT molecular complexity index is 1230. The molecule has 0 spiro atoms. The molecule has 1 N–H and O–H groups in total. The van der Waals surface area contributed by atoms with Crippen LogP contribution in [-0.4, -0.2) is 33.2 Å². The van der Waals surface area contributed by atoms with Crippen LogP contribution < -0.4 is 10.1 Å². The first-order valence-electron chi connectivity index (χ1n) is 9.41. The van der Waals surface area contributed by atoms with Crippen molar-refractivity contribution in [3.8, 4) is 26.2 Å². The summed E-state index contributed by atoms with van der Waals surface area (Å²) in [5, 5.41) is 14.6. The van der Waals surface area contributed by atoms with Gasteiger partial charge in [-0.1, -0.05) is 17.8 Å².